The summed E-state index contributed by atoms with van der Waals surface area (Å²) >= 11 is 0. The predicted molar refractivity (Wildman–Crippen MR) is 119 cm³/mol. The van der Waals surface area contributed by atoms with Gasteiger partial charge in [-0.3, -0.25) is 0 Å². The molecule has 0 N–H and O–H groups in total. The molecule has 4 heteroatoms. The largest absolute Gasteiger partial charge is 0.618 e. The number of hydrogen-bond acceptors (Lipinski definition) is 2. The Labute approximate surface area is 175 Å². The van der Waals surface area contributed by atoms with Crippen molar-refractivity contribution in [1.29, 1.82) is 0 Å². The van der Waals surface area contributed by atoms with Gasteiger partial charge in [0.1, 0.15) is 18.2 Å². The first-order chi connectivity index (χ1) is 14.4. The third kappa shape index (κ3) is 3.77. The van der Waals surface area contributed by atoms with Gasteiger partial charge >= 0.3 is 0 Å². The van der Waals surface area contributed by atoms with Crippen LogP contribution in [0.5, 0.6) is 5.75 Å². The van der Waals surface area contributed by atoms with Crippen LogP contribution in [0.4, 0.5) is 4.39 Å². The lowest BCUT2D eigenvalue weighted by atomic mass is 9.92. The number of halogens is 1. The molecule has 0 aliphatic carbocycles. The van der Waals surface area contributed by atoms with E-state index in [9.17, 15) is 9.60 Å². The Balaban J connectivity index is 1.83. The van der Waals surface area contributed by atoms with E-state index in [1.165, 1.54) is 12.3 Å². The lowest BCUT2D eigenvalue weighted by Gasteiger charge is -2.15. The molecular formula is C26H22FNO2. The predicted octanol–water partition coefficient (Wildman–Crippen LogP) is 6.20. The number of benzene rings is 3. The molecule has 1 aromatic heterocycles. The molecule has 0 spiro atoms. The molecule has 0 saturated heterocycles. The minimum absolute atomic E-state index is 0.258. The number of ether oxygens (including phenoxy) is 1. The van der Waals surface area contributed by atoms with Crippen molar-refractivity contribution in [3.63, 3.8) is 0 Å². The van der Waals surface area contributed by atoms with Crippen LogP contribution in [0.15, 0.2) is 79.5 Å². The molecule has 4 aromatic rings. The zero-order valence-corrected chi connectivity index (χ0v) is 17.0. The van der Waals surface area contributed by atoms with E-state index in [1.807, 2.05) is 49.4 Å². The van der Waals surface area contributed by atoms with Crippen LogP contribution in [-0.2, 0) is 6.61 Å². The van der Waals surface area contributed by atoms with E-state index in [1.54, 1.807) is 25.1 Å². The second kappa shape index (κ2) is 7.99. The zero-order valence-electron chi connectivity index (χ0n) is 17.0. The quantitative estimate of drug-likeness (QED) is 0.296. The van der Waals surface area contributed by atoms with Crippen molar-refractivity contribution in [2.45, 2.75) is 20.5 Å². The van der Waals surface area contributed by atoms with Gasteiger partial charge in [-0.05, 0) is 60.4 Å². The molecule has 150 valence electrons. The number of aromatic nitrogens is 1. The minimum atomic E-state index is -0.258. The highest BCUT2D eigenvalue weighted by molar-refractivity contribution is 5.98. The monoisotopic (exact) mass is 399 g/mol. The van der Waals surface area contributed by atoms with Gasteiger partial charge in [0.25, 0.3) is 0 Å². The molecule has 3 nitrogen and oxygen atoms in total. The number of nitrogens with zero attached hydrogens (tertiary/aromatic N) is 1. The van der Waals surface area contributed by atoms with Gasteiger partial charge in [0, 0.05) is 5.56 Å². The molecule has 0 aliphatic heterocycles. The molecule has 0 fully saturated rings. The van der Waals surface area contributed by atoms with Crippen LogP contribution < -0.4 is 9.47 Å². The average molecular weight is 399 g/mol. The molecule has 0 unspecified atom stereocenters. The molecular weight excluding hydrogens is 377 g/mol. The van der Waals surface area contributed by atoms with E-state index in [2.05, 4.69) is 6.58 Å². The molecule has 0 atom stereocenters. The first-order valence-electron chi connectivity index (χ1n) is 9.73. The van der Waals surface area contributed by atoms with Crippen molar-refractivity contribution in [2.75, 3.05) is 0 Å². The summed E-state index contributed by atoms with van der Waals surface area (Å²) in [5.74, 6) is 0.353. The Bertz CT molecular complexity index is 1250. The van der Waals surface area contributed by atoms with E-state index in [0.29, 0.717) is 23.4 Å². The summed E-state index contributed by atoms with van der Waals surface area (Å²) in [5, 5.41) is 13.6. The van der Waals surface area contributed by atoms with Crippen LogP contribution in [-0.4, -0.2) is 0 Å². The number of aryl methyl sites for hydroxylation is 1. The van der Waals surface area contributed by atoms with Crippen molar-refractivity contribution in [3.8, 4) is 16.9 Å². The Hall–Kier alpha value is -3.66. The first kappa shape index (κ1) is 19.6. The van der Waals surface area contributed by atoms with Crippen LogP contribution in [0.1, 0.15) is 23.6 Å². The summed E-state index contributed by atoms with van der Waals surface area (Å²) in [5.41, 5.74) is 5.30. The van der Waals surface area contributed by atoms with Crippen LogP contribution in [0.25, 0.3) is 27.6 Å². The van der Waals surface area contributed by atoms with Crippen LogP contribution in [0.2, 0.25) is 0 Å². The highest BCUT2D eigenvalue weighted by Gasteiger charge is 2.19. The van der Waals surface area contributed by atoms with Gasteiger partial charge in [-0.2, -0.15) is 4.73 Å². The zero-order chi connectivity index (χ0) is 21.3. The summed E-state index contributed by atoms with van der Waals surface area (Å²) in [6.07, 6.45) is 1.53. The van der Waals surface area contributed by atoms with Crippen molar-refractivity contribution in [2.24, 2.45) is 0 Å². The second-order valence-electron chi connectivity index (χ2n) is 7.44. The Kier molecular flexibility index (Phi) is 5.23. The highest BCUT2D eigenvalue weighted by Crippen LogP contribution is 2.35. The van der Waals surface area contributed by atoms with Gasteiger partial charge in [0.15, 0.2) is 6.20 Å². The fourth-order valence-corrected chi connectivity index (χ4v) is 3.57. The number of hydrogen-bond donors (Lipinski definition) is 0. The second-order valence-corrected chi connectivity index (χ2v) is 7.44. The highest BCUT2D eigenvalue weighted by atomic mass is 19.1. The summed E-state index contributed by atoms with van der Waals surface area (Å²) in [6.45, 7) is 8.03. The average Bonchev–Trinajstić information content (AvgIpc) is 2.75. The molecule has 0 radical (unpaired) electrons. The molecule has 0 bridgehead atoms. The molecule has 1 heterocycles. The van der Waals surface area contributed by atoms with Crippen molar-refractivity contribution >= 4 is 16.5 Å². The smallest absolute Gasteiger partial charge is 0.228 e. The molecule has 4 rings (SSSR count). The van der Waals surface area contributed by atoms with Crippen molar-refractivity contribution in [3.05, 3.63) is 107 Å². The summed E-state index contributed by atoms with van der Waals surface area (Å²) in [4.78, 5) is 0. The third-order valence-corrected chi connectivity index (χ3v) is 5.15. The number of allylic oxidation sites excluding steroid dienone is 1. The van der Waals surface area contributed by atoms with E-state index in [-0.39, 0.29) is 5.82 Å². The van der Waals surface area contributed by atoms with E-state index >= 15 is 0 Å². The lowest BCUT2D eigenvalue weighted by molar-refractivity contribution is -0.577. The van der Waals surface area contributed by atoms with Crippen LogP contribution in [0.3, 0.4) is 0 Å². The Morgan fingerprint density at radius 1 is 1.07 bits per heavy atom. The van der Waals surface area contributed by atoms with Gasteiger partial charge in [-0.15, -0.1) is 0 Å². The molecule has 30 heavy (non-hydrogen) atoms. The van der Waals surface area contributed by atoms with Gasteiger partial charge in [0.05, 0.1) is 17.0 Å². The maximum atomic E-state index is 13.8. The van der Waals surface area contributed by atoms with Gasteiger partial charge < -0.3 is 9.94 Å². The van der Waals surface area contributed by atoms with Crippen molar-refractivity contribution < 1.29 is 13.9 Å². The van der Waals surface area contributed by atoms with Gasteiger partial charge in [0.2, 0.25) is 5.52 Å². The summed E-state index contributed by atoms with van der Waals surface area (Å²) < 4.78 is 20.6. The van der Waals surface area contributed by atoms with E-state index < -0.39 is 0 Å². The van der Waals surface area contributed by atoms with E-state index in [4.69, 9.17) is 4.74 Å². The SMILES string of the molecule is C=C(C)c1c[n+]([O-])c2cc(OCc3ccccc3)ccc2c1-c1ccc(F)c(C)c1. The molecule has 3 aromatic carbocycles. The summed E-state index contributed by atoms with van der Waals surface area (Å²) in [7, 11) is 0. The Morgan fingerprint density at radius 2 is 1.83 bits per heavy atom. The fraction of sp³-hybridized carbons (Fsp3) is 0.115. The first-order valence-corrected chi connectivity index (χ1v) is 9.73. The maximum Gasteiger partial charge on any atom is 0.228 e. The topological polar surface area (TPSA) is 36.2 Å². The summed E-state index contributed by atoms with van der Waals surface area (Å²) in [6, 6.07) is 20.3. The molecule has 0 amide bonds. The van der Waals surface area contributed by atoms with Gasteiger partial charge in [-0.1, -0.05) is 43.0 Å². The normalized spacial score (nSPS) is 10.9. The minimum Gasteiger partial charge on any atom is -0.618 e. The van der Waals surface area contributed by atoms with Crippen molar-refractivity contribution in [1.82, 2.24) is 0 Å². The van der Waals surface area contributed by atoms with Gasteiger partial charge in [-0.25, -0.2) is 4.39 Å². The third-order valence-electron chi connectivity index (χ3n) is 5.15. The number of pyridine rings is 1. The number of fused-ring (bicyclic) bond motifs is 1. The van der Waals surface area contributed by atoms with Crippen LogP contribution >= 0.6 is 0 Å². The number of rotatable bonds is 5. The van der Waals surface area contributed by atoms with E-state index in [0.717, 1.165) is 37.9 Å². The molecule has 0 aliphatic rings. The Morgan fingerprint density at radius 3 is 2.53 bits per heavy atom. The molecule has 0 saturated carbocycles. The standard InChI is InChI=1S/C26H22FNO2/c1-17(2)23-15-28(29)25-14-21(30-16-19-7-5-4-6-8-19)10-11-22(25)26(23)20-9-12-24(27)18(3)13-20/h4-15H,1,16H2,2-3H3. The maximum absolute atomic E-state index is 13.8. The van der Waals surface area contributed by atoms with Crippen LogP contribution in [0, 0.1) is 17.9 Å². The fourth-order valence-electron chi connectivity index (χ4n) is 3.57. The lowest BCUT2D eigenvalue weighted by Crippen LogP contribution is -2.27.